The van der Waals surface area contributed by atoms with Crippen LogP contribution in [0.3, 0.4) is 0 Å². The molecule has 1 aromatic rings. The van der Waals surface area contributed by atoms with Crippen LogP contribution in [0.15, 0.2) is 16.0 Å². The minimum absolute atomic E-state index is 0.0448. The van der Waals surface area contributed by atoms with E-state index < -0.39 is 0 Å². The molecular formula is C12H15N3O2S. The number of carbonyl (C=O) groups is 1. The van der Waals surface area contributed by atoms with E-state index in [0.29, 0.717) is 12.5 Å². The van der Waals surface area contributed by atoms with Gasteiger partial charge in [0.2, 0.25) is 5.91 Å². The van der Waals surface area contributed by atoms with Crippen LogP contribution >= 0.6 is 11.8 Å². The highest BCUT2D eigenvalue weighted by Gasteiger charge is 2.29. The molecule has 1 N–H and O–H groups in total. The Labute approximate surface area is 109 Å². The Kier molecular flexibility index (Phi) is 2.89. The predicted molar refractivity (Wildman–Crippen MR) is 68.8 cm³/mol. The third-order valence-corrected chi connectivity index (χ3v) is 4.28. The van der Waals surface area contributed by atoms with E-state index in [2.05, 4.69) is 10.3 Å². The third-order valence-electron chi connectivity index (χ3n) is 3.18. The molecule has 0 spiro atoms. The predicted octanol–water partition coefficient (Wildman–Crippen LogP) is 0.867. The Morgan fingerprint density at radius 2 is 2.39 bits per heavy atom. The Morgan fingerprint density at radius 3 is 3.11 bits per heavy atom. The molecule has 0 aromatic carbocycles. The van der Waals surface area contributed by atoms with Crippen molar-refractivity contribution in [2.45, 2.75) is 43.4 Å². The van der Waals surface area contributed by atoms with E-state index in [9.17, 15) is 9.59 Å². The van der Waals surface area contributed by atoms with Crippen molar-refractivity contribution in [3.8, 4) is 0 Å². The first-order chi connectivity index (χ1) is 8.63. The van der Waals surface area contributed by atoms with Crippen molar-refractivity contribution >= 4 is 17.7 Å². The Balaban J connectivity index is 1.77. The summed E-state index contributed by atoms with van der Waals surface area (Å²) in [6.07, 6.45) is 2.55. The number of rotatable bonds is 3. The van der Waals surface area contributed by atoms with Crippen LogP contribution in [-0.4, -0.2) is 27.3 Å². The molecule has 6 heteroatoms. The van der Waals surface area contributed by atoms with Crippen molar-refractivity contribution in [3.05, 3.63) is 22.1 Å². The molecule has 1 aromatic heterocycles. The summed E-state index contributed by atoms with van der Waals surface area (Å²) < 4.78 is 1.66. The van der Waals surface area contributed by atoms with Crippen LogP contribution in [0.5, 0.6) is 0 Å². The molecule has 1 fully saturated rings. The van der Waals surface area contributed by atoms with E-state index in [4.69, 9.17) is 0 Å². The van der Waals surface area contributed by atoms with Crippen molar-refractivity contribution in [3.63, 3.8) is 0 Å². The number of carbonyl (C=O) groups excluding carboxylic acids is 1. The smallest absolute Gasteiger partial charge is 0.254 e. The van der Waals surface area contributed by atoms with Gasteiger partial charge in [-0.25, -0.2) is 4.98 Å². The fourth-order valence-electron chi connectivity index (χ4n) is 2.14. The lowest BCUT2D eigenvalue weighted by molar-refractivity contribution is -0.121. The maximum absolute atomic E-state index is 11.9. The first-order valence-electron chi connectivity index (χ1n) is 6.16. The minimum atomic E-state index is -0.0515. The normalized spacial score (nSPS) is 21.7. The van der Waals surface area contributed by atoms with Crippen molar-refractivity contribution in [1.29, 1.82) is 0 Å². The molecule has 18 heavy (non-hydrogen) atoms. The Hall–Kier alpha value is -1.30. The number of thioether (sulfide) groups is 1. The van der Waals surface area contributed by atoms with Crippen molar-refractivity contribution in [2.75, 3.05) is 5.75 Å². The van der Waals surface area contributed by atoms with Gasteiger partial charge in [0, 0.05) is 30.0 Å². The molecule has 1 saturated carbocycles. The first kappa shape index (κ1) is 11.8. The molecule has 1 aliphatic carbocycles. The lowest BCUT2D eigenvalue weighted by Gasteiger charge is -2.12. The number of nitrogens with one attached hydrogen (secondary N) is 1. The van der Waals surface area contributed by atoms with Gasteiger partial charge in [-0.2, -0.15) is 0 Å². The summed E-state index contributed by atoms with van der Waals surface area (Å²) in [5.41, 5.74) is 0.688. The SMILES string of the molecule is Cc1cc(=O)n2c(n1)SCC2CC(=O)NC1CC1. The average Bonchev–Trinajstić information content (AvgIpc) is 2.99. The summed E-state index contributed by atoms with van der Waals surface area (Å²) in [6.45, 7) is 1.82. The monoisotopic (exact) mass is 265 g/mol. The second-order valence-electron chi connectivity index (χ2n) is 4.90. The molecule has 3 rings (SSSR count). The van der Waals surface area contributed by atoms with Crippen molar-refractivity contribution in [2.24, 2.45) is 0 Å². The van der Waals surface area contributed by atoms with Gasteiger partial charge < -0.3 is 5.32 Å². The molecule has 1 amide bonds. The number of aryl methyl sites for hydroxylation is 1. The lowest BCUT2D eigenvalue weighted by atomic mass is 10.2. The van der Waals surface area contributed by atoms with Gasteiger partial charge in [-0.05, 0) is 19.8 Å². The molecule has 1 unspecified atom stereocenters. The van der Waals surface area contributed by atoms with Crippen LogP contribution in [0.4, 0.5) is 0 Å². The molecule has 5 nitrogen and oxygen atoms in total. The standard InChI is InChI=1S/C12H15N3O2S/c1-7-4-11(17)15-9(6-18-12(15)13-7)5-10(16)14-8-2-3-8/h4,8-9H,2-3,5-6H2,1H3,(H,14,16). The van der Waals surface area contributed by atoms with Crippen molar-refractivity contribution in [1.82, 2.24) is 14.9 Å². The molecule has 96 valence electrons. The highest BCUT2D eigenvalue weighted by atomic mass is 32.2. The number of aromatic nitrogens is 2. The van der Waals surface area contributed by atoms with Gasteiger partial charge in [-0.1, -0.05) is 11.8 Å². The molecule has 1 aliphatic heterocycles. The van der Waals surface area contributed by atoms with Crippen LogP contribution in [0.2, 0.25) is 0 Å². The van der Waals surface area contributed by atoms with Gasteiger partial charge in [-0.3, -0.25) is 14.2 Å². The highest BCUT2D eigenvalue weighted by molar-refractivity contribution is 7.99. The third kappa shape index (κ3) is 2.29. The van der Waals surface area contributed by atoms with Crippen molar-refractivity contribution < 1.29 is 4.79 Å². The molecule has 0 saturated heterocycles. The molecule has 2 heterocycles. The fraction of sp³-hybridized carbons (Fsp3) is 0.583. The summed E-state index contributed by atoms with van der Waals surface area (Å²) >= 11 is 1.55. The summed E-state index contributed by atoms with van der Waals surface area (Å²) in [5.74, 6) is 0.799. The zero-order valence-electron chi connectivity index (χ0n) is 10.2. The van der Waals surface area contributed by atoms with Crippen LogP contribution in [0.1, 0.15) is 31.0 Å². The largest absolute Gasteiger partial charge is 0.353 e. The summed E-state index contributed by atoms with van der Waals surface area (Å²) in [7, 11) is 0. The first-order valence-corrected chi connectivity index (χ1v) is 7.14. The quantitative estimate of drug-likeness (QED) is 0.824. The van der Waals surface area contributed by atoms with E-state index in [1.807, 2.05) is 6.92 Å². The second kappa shape index (κ2) is 4.42. The van der Waals surface area contributed by atoms with E-state index >= 15 is 0 Å². The Morgan fingerprint density at radius 1 is 1.61 bits per heavy atom. The molecular weight excluding hydrogens is 250 g/mol. The van der Waals surface area contributed by atoms with E-state index in [1.54, 1.807) is 16.3 Å². The lowest BCUT2D eigenvalue weighted by Crippen LogP contribution is -2.31. The second-order valence-corrected chi connectivity index (χ2v) is 5.89. The van der Waals surface area contributed by atoms with Gasteiger partial charge in [-0.15, -0.1) is 0 Å². The minimum Gasteiger partial charge on any atom is -0.353 e. The molecule has 2 aliphatic rings. The average molecular weight is 265 g/mol. The maximum atomic E-state index is 11.9. The fourth-order valence-corrected chi connectivity index (χ4v) is 3.34. The topological polar surface area (TPSA) is 64.0 Å². The molecule has 1 atom stereocenters. The summed E-state index contributed by atoms with van der Waals surface area (Å²) in [6, 6.07) is 1.85. The number of hydrogen-bond acceptors (Lipinski definition) is 4. The zero-order valence-corrected chi connectivity index (χ0v) is 11.0. The number of nitrogens with zero attached hydrogens (tertiary/aromatic N) is 2. The van der Waals surface area contributed by atoms with Crippen LogP contribution < -0.4 is 10.9 Å². The number of amides is 1. The highest BCUT2D eigenvalue weighted by Crippen LogP contribution is 2.32. The number of fused-ring (bicyclic) bond motifs is 1. The van der Waals surface area contributed by atoms with Gasteiger partial charge in [0.1, 0.15) is 0 Å². The summed E-state index contributed by atoms with van der Waals surface area (Å²) in [4.78, 5) is 28.1. The van der Waals surface area contributed by atoms with Gasteiger partial charge >= 0.3 is 0 Å². The van der Waals surface area contributed by atoms with Gasteiger partial charge in [0.15, 0.2) is 5.16 Å². The zero-order chi connectivity index (χ0) is 12.7. The van der Waals surface area contributed by atoms with Gasteiger partial charge in [0.25, 0.3) is 5.56 Å². The maximum Gasteiger partial charge on any atom is 0.254 e. The van der Waals surface area contributed by atoms with Crippen LogP contribution in [-0.2, 0) is 4.79 Å². The van der Waals surface area contributed by atoms with E-state index in [1.165, 1.54) is 6.07 Å². The molecule has 0 bridgehead atoms. The number of hydrogen-bond donors (Lipinski definition) is 1. The van der Waals surface area contributed by atoms with E-state index in [-0.39, 0.29) is 17.5 Å². The van der Waals surface area contributed by atoms with E-state index in [0.717, 1.165) is 29.4 Å². The molecule has 0 radical (unpaired) electrons. The Bertz CT molecular complexity index is 551. The van der Waals surface area contributed by atoms with Crippen LogP contribution in [0, 0.1) is 6.92 Å². The summed E-state index contributed by atoms with van der Waals surface area (Å²) in [5, 5.41) is 3.70. The van der Waals surface area contributed by atoms with Crippen LogP contribution in [0.25, 0.3) is 0 Å². The van der Waals surface area contributed by atoms with Gasteiger partial charge in [0.05, 0.1) is 6.04 Å².